The maximum absolute atomic E-state index is 14.3. The number of halogens is 1. The minimum atomic E-state index is -4.10. The van der Waals surface area contributed by atoms with Gasteiger partial charge >= 0.3 is 5.97 Å². The first kappa shape index (κ1) is 22.5. The van der Waals surface area contributed by atoms with Crippen LogP contribution in [0.15, 0.2) is 58.3 Å². The molecule has 0 atom stereocenters. The van der Waals surface area contributed by atoms with Gasteiger partial charge < -0.3 is 14.6 Å². The number of nitrogens with zero attached hydrogens (tertiary/aromatic N) is 1. The van der Waals surface area contributed by atoms with Crippen LogP contribution in [0.4, 0.5) is 10.1 Å². The minimum Gasteiger partial charge on any atom is -0.491 e. The largest absolute Gasteiger partial charge is 0.491 e. The molecule has 11 heteroatoms. The first-order valence-electron chi connectivity index (χ1n) is 9.11. The summed E-state index contributed by atoms with van der Waals surface area (Å²) in [7, 11) is -4.10. The first-order chi connectivity index (χ1) is 14.8. The lowest BCUT2D eigenvalue weighted by molar-refractivity contribution is -0.137. The van der Waals surface area contributed by atoms with Crippen molar-refractivity contribution >= 4 is 33.0 Å². The third-order valence-electron chi connectivity index (χ3n) is 4.00. The number of para-hydroxylation sites is 2. The summed E-state index contributed by atoms with van der Waals surface area (Å²) in [5, 5.41) is 10.4. The van der Waals surface area contributed by atoms with E-state index < -0.39 is 21.8 Å². The van der Waals surface area contributed by atoms with E-state index in [2.05, 4.69) is 9.71 Å². The Morgan fingerprint density at radius 1 is 1.16 bits per heavy atom. The quantitative estimate of drug-likeness (QED) is 0.412. The normalized spacial score (nSPS) is 11.1. The number of aliphatic carboxylic acids is 1. The summed E-state index contributed by atoms with van der Waals surface area (Å²) < 4.78 is 53.0. The molecule has 0 unspecified atom stereocenters. The average molecular weight is 467 g/mol. The highest BCUT2D eigenvalue weighted by Crippen LogP contribution is 2.29. The topological polar surface area (TPSA) is 115 Å². The van der Waals surface area contributed by atoms with E-state index in [9.17, 15) is 17.6 Å². The maximum Gasteiger partial charge on any atom is 0.303 e. The third-order valence-corrected chi connectivity index (χ3v) is 6.00. The standard InChI is InChI=1S/C20H19FN2O6S2/c21-16-10-15(7-8-18(16)28-9-3-6-20(24)25)31(26,27)23-17-4-1-2-5-19(17)29-11-14-12-30-13-22-14/h1-2,4-5,7-8,10,12-13,23H,3,6,9,11H2,(H,24,25). The van der Waals surface area contributed by atoms with Gasteiger partial charge in [-0.15, -0.1) is 11.3 Å². The van der Waals surface area contributed by atoms with Crippen molar-refractivity contribution in [3.05, 3.63) is 64.9 Å². The zero-order chi connectivity index (χ0) is 22.3. The lowest BCUT2D eigenvalue weighted by Gasteiger charge is -2.14. The molecule has 0 saturated carbocycles. The number of hydrogen-bond acceptors (Lipinski definition) is 7. The van der Waals surface area contributed by atoms with Crippen molar-refractivity contribution < 1.29 is 32.2 Å². The van der Waals surface area contributed by atoms with Crippen molar-refractivity contribution in [3.8, 4) is 11.5 Å². The highest BCUT2D eigenvalue weighted by Gasteiger charge is 2.19. The fraction of sp³-hybridized carbons (Fsp3) is 0.200. The molecule has 31 heavy (non-hydrogen) atoms. The zero-order valence-electron chi connectivity index (χ0n) is 16.2. The van der Waals surface area contributed by atoms with Gasteiger partial charge in [0.25, 0.3) is 10.0 Å². The number of nitrogens with one attached hydrogen (secondary N) is 1. The Bertz CT molecular complexity index is 1140. The molecule has 0 fully saturated rings. The summed E-state index contributed by atoms with van der Waals surface area (Å²) in [6, 6.07) is 9.72. The Hall–Kier alpha value is -3.18. The Morgan fingerprint density at radius 3 is 2.68 bits per heavy atom. The summed E-state index contributed by atoms with van der Waals surface area (Å²) >= 11 is 1.42. The average Bonchev–Trinajstić information content (AvgIpc) is 3.24. The molecule has 1 aromatic heterocycles. The summed E-state index contributed by atoms with van der Waals surface area (Å²) in [6.45, 7) is 0.169. The molecule has 2 N–H and O–H groups in total. The van der Waals surface area contributed by atoms with Crippen LogP contribution < -0.4 is 14.2 Å². The molecule has 0 aliphatic heterocycles. The van der Waals surface area contributed by atoms with Crippen molar-refractivity contribution in [2.75, 3.05) is 11.3 Å². The fourth-order valence-electron chi connectivity index (χ4n) is 2.51. The van der Waals surface area contributed by atoms with Crippen molar-refractivity contribution in [2.45, 2.75) is 24.3 Å². The molecule has 0 spiro atoms. The molecule has 0 amide bonds. The summed E-state index contributed by atoms with van der Waals surface area (Å²) in [5.41, 5.74) is 2.58. The van der Waals surface area contributed by atoms with Gasteiger partial charge in [-0.25, -0.2) is 17.8 Å². The van der Waals surface area contributed by atoms with Crippen LogP contribution in [0.3, 0.4) is 0 Å². The van der Waals surface area contributed by atoms with Crippen molar-refractivity contribution in [1.29, 1.82) is 0 Å². The van der Waals surface area contributed by atoms with Gasteiger partial charge in [-0.05, 0) is 36.8 Å². The number of carboxylic acids is 1. The molecule has 0 aliphatic rings. The SMILES string of the molecule is O=C(O)CCCOc1ccc(S(=O)(=O)Nc2ccccc2OCc2cscn2)cc1F. The van der Waals surface area contributed by atoms with E-state index in [0.717, 1.165) is 6.07 Å². The van der Waals surface area contributed by atoms with Crippen LogP contribution in [0.2, 0.25) is 0 Å². The number of rotatable bonds is 11. The van der Waals surface area contributed by atoms with Crippen LogP contribution in [-0.2, 0) is 21.4 Å². The molecule has 3 aromatic rings. The van der Waals surface area contributed by atoms with E-state index in [1.165, 1.54) is 29.5 Å². The monoisotopic (exact) mass is 466 g/mol. The van der Waals surface area contributed by atoms with E-state index in [-0.39, 0.29) is 42.4 Å². The second kappa shape index (κ2) is 10.2. The van der Waals surface area contributed by atoms with Crippen LogP contribution in [0, 0.1) is 5.82 Å². The lowest BCUT2D eigenvalue weighted by atomic mass is 10.3. The van der Waals surface area contributed by atoms with Gasteiger partial charge in [0.15, 0.2) is 11.6 Å². The molecular formula is C20H19FN2O6S2. The smallest absolute Gasteiger partial charge is 0.303 e. The van der Waals surface area contributed by atoms with E-state index in [1.807, 2.05) is 5.38 Å². The molecule has 0 aliphatic carbocycles. The highest BCUT2D eigenvalue weighted by molar-refractivity contribution is 7.92. The molecule has 2 aromatic carbocycles. The second-order valence-corrected chi connectivity index (χ2v) is 8.71. The van der Waals surface area contributed by atoms with Gasteiger partial charge in [0.1, 0.15) is 12.4 Å². The predicted molar refractivity (Wildman–Crippen MR) is 112 cm³/mol. The van der Waals surface area contributed by atoms with Crippen molar-refractivity contribution in [1.82, 2.24) is 4.98 Å². The molecule has 3 rings (SSSR count). The van der Waals surface area contributed by atoms with Crippen LogP contribution in [0.5, 0.6) is 11.5 Å². The molecule has 0 saturated heterocycles. The van der Waals surface area contributed by atoms with E-state index in [0.29, 0.717) is 11.4 Å². The Kier molecular flexibility index (Phi) is 7.42. The number of aromatic nitrogens is 1. The van der Waals surface area contributed by atoms with Crippen LogP contribution in [0.25, 0.3) is 0 Å². The number of carboxylic acid groups (broad SMARTS) is 1. The van der Waals surface area contributed by atoms with E-state index >= 15 is 0 Å². The number of carbonyl (C=O) groups is 1. The van der Waals surface area contributed by atoms with Crippen LogP contribution in [-0.4, -0.2) is 31.1 Å². The predicted octanol–water partition coefficient (Wildman–Crippen LogP) is 3.91. The van der Waals surface area contributed by atoms with E-state index in [4.69, 9.17) is 14.6 Å². The van der Waals surface area contributed by atoms with Gasteiger partial charge in [0.2, 0.25) is 0 Å². The number of benzene rings is 2. The van der Waals surface area contributed by atoms with Gasteiger partial charge in [0.05, 0.1) is 28.4 Å². The Balaban J connectivity index is 1.69. The van der Waals surface area contributed by atoms with Gasteiger partial charge in [-0.2, -0.15) is 0 Å². The van der Waals surface area contributed by atoms with Gasteiger partial charge in [-0.3, -0.25) is 9.52 Å². The zero-order valence-corrected chi connectivity index (χ0v) is 17.8. The van der Waals surface area contributed by atoms with Gasteiger partial charge in [-0.1, -0.05) is 12.1 Å². The number of ether oxygens (including phenoxy) is 2. The first-order valence-corrected chi connectivity index (χ1v) is 11.5. The van der Waals surface area contributed by atoms with Crippen molar-refractivity contribution in [3.63, 3.8) is 0 Å². The Labute approximate surface area is 182 Å². The number of anilines is 1. The lowest BCUT2D eigenvalue weighted by Crippen LogP contribution is -2.14. The maximum atomic E-state index is 14.3. The van der Waals surface area contributed by atoms with Crippen molar-refractivity contribution in [2.24, 2.45) is 0 Å². The number of hydrogen-bond donors (Lipinski definition) is 2. The minimum absolute atomic E-state index is 0.00271. The van der Waals surface area contributed by atoms with Gasteiger partial charge in [0, 0.05) is 11.8 Å². The Morgan fingerprint density at radius 2 is 1.97 bits per heavy atom. The van der Waals surface area contributed by atoms with Crippen LogP contribution >= 0.6 is 11.3 Å². The molecule has 164 valence electrons. The third kappa shape index (κ3) is 6.40. The molecule has 0 bridgehead atoms. The second-order valence-electron chi connectivity index (χ2n) is 6.31. The molecule has 1 heterocycles. The molecule has 8 nitrogen and oxygen atoms in total. The fourth-order valence-corrected chi connectivity index (χ4v) is 4.14. The summed E-state index contributed by atoms with van der Waals surface area (Å²) in [5.74, 6) is -1.70. The molecule has 0 radical (unpaired) electrons. The van der Waals surface area contributed by atoms with Crippen LogP contribution in [0.1, 0.15) is 18.5 Å². The van der Waals surface area contributed by atoms with E-state index in [1.54, 1.807) is 23.7 Å². The molecular weight excluding hydrogens is 447 g/mol. The summed E-state index contributed by atoms with van der Waals surface area (Å²) in [6.07, 6.45) is 0.0933. The number of sulfonamides is 1. The summed E-state index contributed by atoms with van der Waals surface area (Å²) in [4.78, 5) is 14.3. The highest BCUT2D eigenvalue weighted by atomic mass is 32.2. The number of thiazole rings is 1.